The topological polar surface area (TPSA) is 53.3 Å². The number of nitrogens with zero attached hydrogens (tertiary/aromatic N) is 2. The van der Waals surface area contributed by atoms with Gasteiger partial charge in [0.15, 0.2) is 0 Å². The summed E-state index contributed by atoms with van der Waals surface area (Å²) >= 11 is 5.91. The zero-order chi connectivity index (χ0) is 14.5. The Kier molecular flexibility index (Phi) is 4.86. The minimum absolute atomic E-state index is 0.120. The van der Waals surface area contributed by atoms with Crippen molar-refractivity contribution in [3.8, 4) is 6.07 Å². The Bertz CT molecular complexity index is 539. The maximum Gasteiger partial charge on any atom is 0.310 e. The number of hydrogen-bond acceptors (Lipinski definition) is 4. The molecule has 1 unspecified atom stereocenters. The van der Waals surface area contributed by atoms with Gasteiger partial charge in [0.25, 0.3) is 0 Å². The number of hydrogen-bond donors (Lipinski definition) is 0. The van der Waals surface area contributed by atoms with Crippen molar-refractivity contribution < 1.29 is 9.53 Å². The number of carbonyl (C=O) groups is 1. The van der Waals surface area contributed by atoms with E-state index in [9.17, 15) is 10.1 Å². The van der Waals surface area contributed by atoms with Gasteiger partial charge in [0.1, 0.15) is 6.07 Å². The maximum absolute atomic E-state index is 11.8. The molecular weight excluding hydrogens is 276 g/mol. The van der Waals surface area contributed by atoms with E-state index >= 15 is 0 Å². The Morgan fingerprint density at radius 1 is 1.60 bits per heavy atom. The van der Waals surface area contributed by atoms with Crippen LogP contribution in [0.25, 0.3) is 0 Å². The molecule has 1 saturated heterocycles. The van der Waals surface area contributed by atoms with Crippen LogP contribution in [0.1, 0.15) is 25.3 Å². The zero-order valence-corrected chi connectivity index (χ0v) is 12.2. The molecule has 5 heteroatoms. The van der Waals surface area contributed by atoms with Crippen molar-refractivity contribution in [1.29, 1.82) is 5.26 Å². The molecule has 0 N–H and O–H groups in total. The van der Waals surface area contributed by atoms with Crippen molar-refractivity contribution in [3.05, 3.63) is 28.8 Å². The standard InChI is InChI=1S/C15H17ClN2O2/c1-2-20-15(19)11-4-3-7-18(10-11)14-6-5-13(16)8-12(14)9-17/h5-6,8,11H,2-4,7,10H2,1H3. The fraction of sp³-hybridized carbons (Fsp3) is 0.467. The van der Waals surface area contributed by atoms with Gasteiger partial charge in [-0.05, 0) is 38.0 Å². The van der Waals surface area contributed by atoms with E-state index < -0.39 is 0 Å². The molecule has 1 fully saturated rings. The van der Waals surface area contributed by atoms with E-state index in [0.717, 1.165) is 25.1 Å². The summed E-state index contributed by atoms with van der Waals surface area (Å²) in [4.78, 5) is 13.9. The van der Waals surface area contributed by atoms with Crippen LogP contribution >= 0.6 is 11.6 Å². The van der Waals surface area contributed by atoms with Crippen LogP contribution in [0, 0.1) is 17.2 Å². The molecule has 1 aliphatic rings. The number of ether oxygens (including phenoxy) is 1. The molecule has 0 radical (unpaired) electrons. The predicted octanol–water partition coefficient (Wildman–Crippen LogP) is 2.99. The Balaban J connectivity index is 2.17. The second-order valence-corrected chi connectivity index (χ2v) is 5.25. The first-order valence-electron chi connectivity index (χ1n) is 6.77. The Morgan fingerprint density at radius 2 is 2.40 bits per heavy atom. The number of halogens is 1. The van der Waals surface area contributed by atoms with Gasteiger partial charge in [-0.15, -0.1) is 0 Å². The van der Waals surface area contributed by atoms with Crippen LogP contribution in [-0.2, 0) is 9.53 Å². The van der Waals surface area contributed by atoms with E-state index in [1.54, 1.807) is 12.1 Å². The Labute approximate surface area is 123 Å². The lowest BCUT2D eigenvalue weighted by molar-refractivity contribution is -0.148. The molecule has 0 aliphatic carbocycles. The van der Waals surface area contributed by atoms with Gasteiger partial charge >= 0.3 is 5.97 Å². The molecule has 2 rings (SSSR count). The molecule has 1 aromatic rings. The molecule has 0 bridgehead atoms. The van der Waals surface area contributed by atoms with E-state index in [2.05, 4.69) is 11.0 Å². The zero-order valence-electron chi connectivity index (χ0n) is 11.4. The fourth-order valence-electron chi connectivity index (χ4n) is 2.52. The average molecular weight is 293 g/mol. The van der Waals surface area contributed by atoms with Gasteiger partial charge in [-0.3, -0.25) is 4.79 Å². The smallest absolute Gasteiger partial charge is 0.310 e. The summed E-state index contributed by atoms with van der Waals surface area (Å²) in [5, 5.41) is 9.75. The molecule has 0 saturated carbocycles. The maximum atomic E-state index is 11.8. The fourth-order valence-corrected chi connectivity index (χ4v) is 2.69. The van der Waals surface area contributed by atoms with Gasteiger partial charge in [0.05, 0.1) is 23.8 Å². The molecule has 4 nitrogen and oxygen atoms in total. The molecule has 0 amide bonds. The van der Waals surface area contributed by atoms with Gasteiger partial charge in [0.2, 0.25) is 0 Å². The molecule has 1 heterocycles. The van der Waals surface area contributed by atoms with E-state index in [-0.39, 0.29) is 11.9 Å². The first-order chi connectivity index (χ1) is 9.65. The van der Waals surface area contributed by atoms with Crippen LogP contribution in [0.15, 0.2) is 18.2 Å². The van der Waals surface area contributed by atoms with Gasteiger partial charge in [0, 0.05) is 18.1 Å². The molecular formula is C15H17ClN2O2. The van der Waals surface area contributed by atoms with Gasteiger partial charge in [-0.2, -0.15) is 5.26 Å². The first kappa shape index (κ1) is 14.7. The normalized spacial score (nSPS) is 18.4. The van der Waals surface area contributed by atoms with Crippen LogP contribution in [-0.4, -0.2) is 25.7 Å². The second-order valence-electron chi connectivity index (χ2n) is 4.81. The van der Waals surface area contributed by atoms with E-state index in [1.165, 1.54) is 0 Å². The number of anilines is 1. The molecule has 20 heavy (non-hydrogen) atoms. The van der Waals surface area contributed by atoms with Gasteiger partial charge in [-0.25, -0.2) is 0 Å². The van der Waals surface area contributed by atoms with Crippen LogP contribution in [0.3, 0.4) is 0 Å². The van der Waals surface area contributed by atoms with Crippen LogP contribution in [0.2, 0.25) is 5.02 Å². The highest BCUT2D eigenvalue weighted by molar-refractivity contribution is 6.30. The first-order valence-corrected chi connectivity index (χ1v) is 7.14. The lowest BCUT2D eigenvalue weighted by Gasteiger charge is -2.33. The van der Waals surface area contributed by atoms with Gasteiger partial charge in [-0.1, -0.05) is 11.6 Å². The molecule has 1 aromatic carbocycles. The minimum Gasteiger partial charge on any atom is -0.466 e. The third-order valence-corrected chi connectivity index (χ3v) is 3.70. The van der Waals surface area contributed by atoms with Crippen LogP contribution < -0.4 is 4.90 Å². The number of benzene rings is 1. The predicted molar refractivity (Wildman–Crippen MR) is 77.7 cm³/mol. The monoisotopic (exact) mass is 292 g/mol. The lowest BCUT2D eigenvalue weighted by atomic mass is 9.97. The van der Waals surface area contributed by atoms with Crippen molar-refractivity contribution in [2.45, 2.75) is 19.8 Å². The summed E-state index contributed by atoms with van der Waals surface area (Å²) in [6.45, 7) is 3.65. The van der Waals surface area contributed by atoms with E-state index in [4.69, 9.17) is 16.3 Å². The Hall–Kier alpha value is -1.73. The SMILES string of the molecule is CCOC(=O)C1CCCN(c2ccc(Cl)cc2C#N)C1. The van der Waals surface area contributed by atoms with Crippen molar-refractivity contribution >= 4 is 23.3 Å². The average Bonchev–Trinajstić information content (AvgIpc) is 2.47. The highest BCUT2D eigenvalue weighted by Gasteiger charge is 2.27. The lowest BCUT2D eigenvalue weighted by Crippen LogP contribution is -2.39. The summed E-state index contributed by atoms with van der Waals surface area (Å²) in [6, 6.07) is 7.43. The molecule has 0 aromatic heterocycles. The summed E-state index contributed by atoms with van der Waals surface area (Å²) in [6.07, 6.45) is 1.75. The van der Waals surface area contributed by atoms with Crippen LogP contribution in [0.4, 0.5) is 5.69 Å². The molecule has 1 atom stereocenters. The molecule has 0 spiro atoms. The van der Waals surface area contributed by atoms with Crippen LogP contribution in [0.5, 0.6) is 0 Å². The van der Waals surface area contributed by atoms with Crippen molar-refractivity contribution in [1.82, 2.24) is 0 Å². The van der Waals surface area contributed by atoms with Crippen molar-refractivity contribution in [3.63, 3.8) is 0 Å². The molecule has 1 aliphatic heterocycles. The summed E-state index contributed by atoms with van der Waals surface area (Å²) in [5.41, 5.74) is 1.38. The largest absolute Gasteiger partial charge is 0.466 e. The number of nitriles is 1. The minimum atomic E-state index is -0.148. The Morgan fingerprint density at radius 3 is 3.10 bits per heavy atom. The second kappa shape index (κ2) is 6.62. The van der Waals surface area contributed by atoms with E-state index in [0.29, 0.717) is 23.7 Å². The number of carbonyl (C=O) groups excluding carboxylic acids is 1. The quantitative estimate of drug-likeness (QED) is 0.804. The summed E-state index contributed by atoms with van der Waals surface area (Å²) < 4.78 is 5.09. The van der Waals surface area contributed by atoms with Crippen molar-refractivity contribution in [2.75, 3.05) is 24.6 Å². The summed E-state index contributed by atoms with van der Waals surface area (Å²) in [7, 11) is 0. The molecule has 106 valence electrons. The number of rotatable bonds is 3. The highest BCUT2D eigenvalue weighted by atomic mass is 35.5. The third-order valence-electron chi connectivity index (χ3n) is 3.46. The number of esters is 1. The van der Waals surface area contributed by atoms with Crippen molar-refractivity contribution in [2.24, 2.45) is 5.92 Å². The summed E-state index contributed by atoms with van der Waals surface area (Å²) in [5.74, 6) is -0.268. The highest BCUT2D eigenvalue weighted by Crippen LogP contribution is 2.28. The van der Waals surface area contributed by atoms with Gasteiger partial charge < -0.3 is 9.64 Å². The number of piperidine rings is 1. The van der Waals surface area contributed by atoms with E-state index in [1.807, 2.05) is 13.0 Å². The third kappa shape index (κ3) is 3.23.